The van der Waals surface area contributed by atoms with Crippen molar-refractivity contribution in [3.05, 3.63) is 62.3 Å². The highest BCUT2D eigenvalue weighted by Gasteiger charge is 2.16. The standard InChI is InChI=1S/C17H21N3O/c1-5-14-9-15(6-2)17(12(3)16(14)10-19-21)11-20-8-7-18-13(20)4/h7-9H,5-6,11H2,1-4H3. The van der Waals surface area contributed by atoms with Crippen LogP contribution in [0.25, 0.3) is 5.01 Å². The first-order valence-electron chi connectivity index (χ1n) is 7.32. The van der Waals surface area contributed by atoms with Crippen LogP contribution in [0.15, 0.2) is 18.5 Å². The molecule has 0 saturated heterocycles. The molecule has 0 bridgehead atoms. The van der Waals surface area contributed by atoms with E-state index in [1.54, 1.807) is 0 Å². The van der Waals surface area contributed by atoms with Gasteiger partial charge in [0.05, 0.1) is 0 Å². The topological polar surface area (TPSA) is 45.2 Å². The second-order valence-corrected chi connectivity index (χ2v) is 5.19. The molecule has 0 amide bonds. The van der Waals surface area contributed by atoms with Crippen LogP contribution in [0.2, 0.25) is 0 Å². The summed E-state index contributed by atoms with van der Waals surface area (Å²) in [5.74, 6) is 0.985. The average molecular weight is 283 g/mol. The van der Waals surface area contributed by atoms with Gasteiger partial charge in [-0.2, -0.15) is 0 Å². The lowest BCUT2D eigenvalue weighted by Crippen LogP contribution is -2.09. The van der Waals surface area contributed by atoms with Crippen molar-refractivity contribution < 1.29 is 0 Å². The summed E-state index contributed by atoms with van der Waals surface area (Å²) in [6.45, 7) is 9.05. The van der Waals surface area contributed by atoms with E-state index in [0.29, 0.717) is 0 Å². The summed E-state index contributed by atoms with van der Waals surface area (Å²) in [6.07, 6.45) is 5.62. The number of aromatic nitrogens is 2. The van der Waals surface area contributed by atoms with Crippen molar-refractivity contribution in [3.63, 3.8) is 0 Å². The molecule has 4 nitrogen and oxygen atoms in total. The lowest BCUT2D eigenvalue weighted by Gasteiger charge is -2.16. The van der Waals surface area contributed by atoms with Crippen molar-refractivity contribution in [2.45, 2.75) is 47.1 Å². The normalized spacial score (nSPS) is 10.3. The molecule has 1 aromatic carbocycles. The van der Waals surface area contributed by atoms with E-state index in [9.17, 15) is 5.21 Å². The van der Waals surface area contributed by atoms with Crippen molar-refractivity contribution in [1.82, 2.24) is 9.55 Å². The number of aryl methyl sites for hydroxylation is 3. The second kappa shape index (κ2) is 6.45. The van der Waals surface area contributed by atoms with E-state index in [-0.39, 0.29) is 0 Å². The SMILES string of the molecule is CCc1cc(CC)c(Cn2ccnc2C)c(C)c1C#[N+][O-]. The van der Waals surface area contributed by atoms with E-state index in [1.807, 2.05) is 26.2 Å². The summed E-state index contributed by atoms with van der Waals surface area (Å²) < 4.78 is 2.12. The Labute approximate surface area is 125 Å². The minimum atomic E-state index is 0.762. The smallest absolute Gasteiger partial charge is 0.337 e. The molecule has 0 spiro atoms. The largest absolute Gasteiger partial charge is 0.498 e. The molecule has 0 aliphatic rings. The highest BCUT2D eigenvalue weighted by atomic mass is 16.4. The van der Waals surface area contributed by atoms with E-state index in [4.69, 9.17) is 0 Å². The Morgan fingerprint density at radius 1 is 1.24 bits per heavy atom. The van der Waals surface area contributed by atoms with Gasteiger partial charge in [-0.1, -0.05) is 19.9 Å². The van der Waals surface area contributed by atoms with Gasteiger partial charge in [-0.05, 0) is 48.9 Å². The first-order valence-corrected chi connectivity index (χ1v) is 7.32. The van der Waals surface area contributed by atoms with Crippen LogP contribution in [0, 0.1) is 25.1 Å². The molecule has 0 fully saturated rings. The minimum absolute atomic E-state index is 0.762. The zero-order valence-electron chi connectivity index (χ0n) is 13.1. The molecule has 0 N–H and O–H groups in total. The Morgan fingerprint density at radius 3 is 2.48 bits per heavy atom. The molecule has 2 aromatic rings. The molecule has 0 atom stereocenters. The fourth-order valence-corrected chi connectivity index (χ4v) is 2.76. The molecule has 0 radical (unpaired) electrons. The number of hydrogen-bond acceptors (Lipinski definition) is 2. The third-order valence-electron chi connectivity index (χ3n) is 4.06. The lowest BCUT2D eigenvalue weighted by molar-refractivity contribution is 0.748. The molecule has 0 saturated carbocycles. The number of imidazole rings is 1. The van der Waals surface area contributed by atoms with Crippen molar-refractivity contribution in [1.29, 1.82) is 0 Å². The van der Waals surface area contributed by atoms with Gasteiger partial charge in [-0.25, -0.2) is 4.98 Å². The number of hydrogen-bond donors (Lipinski definition) is 0. The molecule has 110 valence electrons. The van der Waals surface area contributed by atoms with Gasteiger partial charge in [0.1, 0.15) is 11.4 Å². The van der Waals surface area contributed by atoms with Crippen molar-refractivity contribution in [2.75, 3.05) is 0 Å². The Kier molecular flexibility index (Phi) is 4.64. The van der Waals surface area contributed by atoms with Crippen LogP contribution in [0.4, 0.5) is 0 Å². The van der Waals surface area contributed by atoms with Crippen LogP contribution in [0.3, 0.4) is 0 Å². The van der Waals surface area contributed by atoms with E-state index in [0.717, 1.165) is 41.9 Å². The van der Waals surface area contributed by atoms with Gasteiger partial charge in [0, 0.05) is 23.9 Å². The Bertz CT molecular complexity index is 705. The maximum atomic E-state index is 10.7. The van der Waals surface area contributed by atoms with E-state index in [1.165, 1.54) is 11.1 Å². The van der Waals surface area contributed by atoms with E-state index < -0.39 is 0 Å². The molecule has 2 rings (SSSR count). The van der Waals surface area contributed by atoms with Crippen molar-refractivity contribution in [3.8, 4) is 6.07 Å². The molecular weight excluding hydrogens is 262 g/mol. The van der Waals surface area contributed by atoms with Crippen LogP contribution in [0.1, 0.15) is 47.5 Å². The van der Waals surface area contributed by atoms with Crippen LogP contribution in [0.5, 0.6) is 0 Å². The monoisotopic (exact) mass is 283 g/mol. The highest BCUT2D eigenvalue weighted by molar-refractivity contribution is 5.53. The van der Waals surface area contributed by atoms with Gasteiger partial charge in [0.25, 0.3) is 0 Å². The Balaban J connectivity index is 2.60. The molecule has 0 unspecified atom stereocenters. The minimum Gasteiger partial charge on any atom is -0.498 e. The molecule has 1 heterocycles. The third kappa shape index (κ3) is 2.92. The van der Waals surface area contributed by atoms with Gasteiger partial charge in [-0.3, -0.25) is 0 Å². The molecule has 21 heavy (non-hydrogen) atoms. The highest BCUT2D eigenvalue weighted by Crippen LogP contribution is 2.25. The van der Waals surface area contributed by atoms with Crippen molar-refractivity contribution in [2.24, 2.45) is 0 Å². The zero-order chi connectivity index (χ0) is 15.4. The van der Waals surface area contributed by atoms with Crippen LogP contribution >= 0.6 is 0 Å². The van der Waals surface area contributed by atoms with Gasteiger partial charge in [-0.15, -0.1) is 0 Å². The van der Waals surface area contributed by atoms with Crippen LogP contribution in [-0.4, -0.2) is 9.55 Å². The first-order chi connectivity index (χ1) is 10.1. The predicted octanol–water partition coefficient (Wildman–Crippen LogP) is 3.85. The Morgan fingerprint density at radius 2 is 1.95 bits per heavy atom. The second-order valence-electron chi connectivity index (χ2n) is 5.19. The van der Waals surface area contributed by atoms with Gasteiger partial charge >= 0.3 is 6.07 Å². The summed E-state index contributed by atoms with van der Waals surface area (Å²) >= 11 is 0. The van der Waals surface area contributed by atoms with E-state index >= 15 is 0 Å². The summed E-state index contributed by atoms with van der Waals surface area (Å²) in [7, 11) is 0. The quantitative estimate of drug-likeness (QED) is 0.800. The lowest BCUT2D eigenvalue weighted by atomic mass is 9.90. The summed E-state index contributed by atoms with van der Waals surface area (Å²) in [4.78, 5) is 4.27. The van der Waals surface area contributed by atoms with Gasteiger partial charge in [0.15, 0.2) is 0 Å². The maximum Gasteiger partial charge on any atom is 0.337 e. The van der Waals surface area contributed by atoms with Crippen molar-refractivity contribution >= 4 is 0 Å². The zero-order valence-corrected chi connectivity index (χ0v) is 13.1. The molecule has 1 aromatic heterocycles. The van der Waals surface area contributed by atoms with E-state index in [2.05, 4.69) is 40.5 Å². The van der Waals surface area contributed by atoms with Crippen LogP contribution < -0.4 is 0 Å². The number of benzene rings is 1. The first kappa shape index (κ1) is 15.1. The fourth-order valence-electron chi connectivity index (χ4n) is 2.76. The van der Waals surface area contributed by atoms with Gasteiger partial charge < -0.3 is 9.77 Å². The summed E-state index contributed by atoms with van der Waals surface area (Å²) in [5.41, 5.74) is 5.63. The maximum absolute atomic E-state index is 10.7. The summed E-state index contributed by atoms with van der Waals surface area (Å²) in [5, 5.41) is 13.5. The predicted molar refractivity (Wildman–Crippen MR) is 85.7 cm³/mol. The number of rotatable bonds is 4. The van der Waals surface area contributed by atoms with Gasteiger partial charge in [0.2, 0.25) is 0 Å². The summed E-state index contributed by atoms with van der Waals surface area (Å²) in [6, 6.07) is 4.81. The molecular formula is C17H21N3O. The third-order valence-corrected chi connectivity index (χ3v) is 4.06. The average Bonchev–Trinajstić information content (AvgIpc) is 2.89. The number of nitrogens with zero attached hydrogens (tertiary/aromatic N) is 3. The van der Waals surface area contributed by atoms with Crippen LogP contribution in [-0.2, 0) is 19.4 Å². The Hall–Kier alpha value is -2.28. The molecule has 0 aliphatic heterocycles. The molecule has 4 heteroatoms. The fraction of sp³-hybridized carbons (Fsp3) is 0.412. The molecule has 0 aliphatic carbocycles.